The van der Waals surface area contributed by atoms with Gasteiger partial charge in [-0.1, -0.05) is 11.6 Å². The van der Waals surface area contributed by atoms with Gasteiger partial charge in [0.15, 0.2) is 0 Å². The van der Waals surface area contributed by atoms with Crippen molar-refractivity contribution in [2.45, 2.75) is 26.1 Å². The predicted molar refractivity (Wildman–Crippen MR) is 59.7 cm³/mol. The second-order valence-corrected chi connectivity index (χ2v) is 4.31. The highest BCUT2D eigenvalue weighted by atomic mass is 35.5. The smallest absolute Gasteiger partial charge is 0.307 e. The molecule has 0 unspecified atom stereocenters. The van der Waals surface area contributed by atoms with E-state index in [0.717, 1.165) is 0 Å². The van der Waals surface area contributed by atoms with Crippen molar-refractivity contribution in [1.82, 2.24) is 0 Å². The van der Waals surface area contributed by atoms with Crippen molar-refractivity contribution in [1.29, 1.82) is 0 Å². The quantitative estimate of drug-likeness (QED) is 0.796. The van der Waals surface area contributed by atoms with Gasteiger partial charge in [-0.2, -0.15) is 0 Å². The van der Waals surface area contributed by atoms with Gasteiger partial charge in [0, 0.05) is 24.4 Å². The molecule has 0 bridgehead atoms. The Morgan fingerprint density at radius 3 is 2.62 bits per heavy atom. The maximum Gasteiger partial charge on any atom is 0.307 e. The number of ether oxygens (including phenoxy) is 1. The minimum atomic E-state index is -1.36. The molecule has 0 spiro atoms. The highest BCUT2D eigenvalue weighted by Crippen LogP contribution is 2.26. The van der Waals surface area contributed by atoms with Crippen LogP contribution >= 0.6 is 11.6 Å². The lowest BCUT2D eigenvalue weighted by Gasteiger charge is -2.21. The van der Waals surface area contributed by atoms with Crippen LogP contribution in [0.15, 0.2) is 18.2 Å². The molecule has 0 aliphatic rings. The van der Waals surface area contributed by atoms with Crippen LogP contribution in [0.3, 0.4) is 0 Å². The third-order valence-corrected chi connectivity index (χ3v) is 1.96. The molecule has 0 aliphatic carbocycles. The van der Waals surface area contributed by atoms with E-state index in [1.54, 1.807) is 12.1 Å². The zero-order chi connectivity index (χ0) is 12.3. The van der Waals surface area contributed by atoms with Crippen LogP contribution in [-0.4, -0.2) is 22.0 Å². The molecule has 0 heterocycles. The van der Waals surface area contributed by atoms with Crippen molar-refractivity contribution in [3.05, 3.63) is 28.8 Å². The van der Waals surface area contributed by atoms with Crippen LogP contribution in [-0.2, 0) is 11.2 Å². The topological polar surface area (TPSA) is 66.8 Å². The molecule has 16 heavy (non-hydrogen) atoms. The second-order valence-electron chi connectivity index (χ2n) is 3.87. The van der Waals surface area contributed by atoms with E-state index in [1.165, 1.54) is 19.9 Å². The third-order valence-electron chi connectivity index (χ3n) is 1.72. The van der Waals surface area contributed by atoms with E-state index < -0.39 is 11.8 Å². The Morgan fingerprint density at radius 2 is 2.12 bits per heavy atom. The number of carboxylic acid groups (broad SMARTS) is 1. The van der Waals surface area contributed by atoms with Gasteiger partial charge in [-0.25, -0.2) is 0 Å². The molecule has 0 fully saturated rings. The lowest BCUT2D eigenvalue weighted by Crippen LogP contribution is -2.27. The van der Waals surface area contributed by atoms with E-state index >= 15 is 0 Å². The van der Waals surface area contributed by atoms with Crippen molar-refractivity contribution in [2.24, 2.45) is 0 Å². The molecular weight excluding hydrogens is 232 g/mol. The number of carboxylic acids is 1. The largest absolute Gasteiger partial charge is 0.481 e. The normalized spacial score (nSPS) is 11.2. The Kier molecular flexibility index (Phi) is 3.78. The summed E-state index contributed by atoms with van der Waals surface area (Å²) >= 11 is 5.76. The summed E-state index contributed by atoms with van der Waals surface area (Å²) in [4.78, 5) is 10.6. The van der Waals surface area contributed by atoms with E-state index in [-0.39, 0.29) is 6.42 Å². The summed E-state index contributed by atoms with van der Waals surface area (Å²) in [6.07, 6.45) is -0.202. The first-order valence-electron chi connectivity index (χ1n) is 4.69. The molecule has 2 N–H and O–H groups in total. The fraction of sp³-hybridized carbons (Fsp3) is 0.364. The van der Waals surface area contributed by atoms with Gasteiger partial charge >= 0.3 is 5.97 Å². The standard InChI is InChI=1S/C11H13ClO4/c1-11(2,15)16-9-4-3-8(12)5-7(9)6-10(13)14/h3-5,15H,6H2,1-2H3,(H,13,14). The maximum absolute atomic E-state index is 10.6. The average Bonchev–Trinajstić information content (AvgIpc) is 2.06. The van der Waals surface area contributed by atoms with E-state index in [2.05, 4.69) is 0 Å². The molecule has 5 heteroatoms. The Hall–Kier alpha value is -1.26. The van der Waals surface area contributed by atoms with Crippen molar-refractivity contribution in [3.8, 4) is 5.75 Å². The van der Waals surface area contributed by atoms with Crippen LogP contribution in [0.2, 0.25) is 5.02 Å². The zero-order valence-electron chi connectivity index (χ0n) is 9.03. The van der Waals surface area contributed by atoms with Crippen LogP contribution in [0, 0.1) is 0 Å². The first-order valence-corrected chi connectivity index (χ1v) is 5.07. The second kappa shape index (κ2) is 4.72. The molecule has 0 saturated heterocycles. The molecule has 0 radical (unpaired) electrons. The molecular formula is C11H13ClO4. The van der Waals surface area contributed by atoms with Crippen LogP contribution in [0.1, 0.15) is 19.4 Å². The molecule has 0 amide bonds. The molecule has 1 aromatic rings. The summed E-state index contributed by atoms with van der Waals surface area (Å²) in [5.41, 5.74) is 0.433. The average molecular weight is 245 g/mol. The van der Waals surface area contributed by atoms with Gasteiger partial charge in [0.05, 0.1) is 6.42 Å². The van der Waals surface area contributed by atoms with Crippen LogP contribution in [0.4, 0.5) is 0 Å². The molecule has 1 rings (SSSR count). The Labute approximate surface area is 98.4 Å². The predicted octanol–water partition coefficient (Wildman–Crippen LogP) is 2.07. The Bertz CT molecular complexity index is 395. The number of carbonyl (C=O) groups is 1. The lowest BCUT2D eigenvalue weighted by atomic mass is 10.1. The summed E-state index contributed by atoms with van der Waals surface area (Å²) in [5, 5.41) is 18.6. The molecule has 0 saturated carbocycles. The number of benzene rings is 1. The van der Waals surface area contributed by atoms with E-state index in [4.69, 9.17) is 21.4 Å². The van der Waals surface area contributed by atoms with Gasteiger partial charge < -0.3 is 14.9 Å². The van der Waals surface area contributed by atoms with Gasteiger partial charge in [-0.15, -0.1) is 0 Å². The summed E-state index contributed by atoms with van der Waals surface area (Å²) in [7, 11) is 0. The molecule has 0 atom stereocenters. The van der Waals surface area contributed by atoms with Crippen LogP contribution in [0.5, 0.6) is 5.75 Å². The highest BCUT2D eigenvalue weighted by molar-refractivity contribution is 6.30. The first kappa shape index (κ1) is 12.8. The fourth-order valence-electron chi connectivity index (χ4n) is 1.22. The summed E-state index contributed by atoms with van der Waals surface area (Å²) in [6, 6.07) is 4.63. The molecule has 4 nitrogen and oxygen atoms in total. The molecule has 0 aliphatic heterocycles. The minimum Gasteiger partial charge on any atom is -0.481 e. The highest BCUT2D eigenvalue weighted by Gasteiger charge is 2.17. The van der Waals surface area contributed by atoms with E-state index in [0.29, 0.717) is 16.3 Å². The summed E-state index contributed by atoms with van der Waals surface area (Å²) < 4.78 is 5.22. The van der Waals surface area contributed by atoms with E-state index in [9.17, 15) is 9.90 Å². The van der Waals surface area contributed by atoms with Crippen molar-refractivity contribution in [2.75, 3.05) is 0 Å². The molecule has 1 aromatic carbocycles. The number of aliphatic hydroxyl groups is 1. The number of hydrogen-bond acceptors (Lipinski definition) is 3. The van der Waals surface area contributed by atoms with Gasteiger partial charge in [-0.05, 0) is 18.2 Å². The van der Waals surface area contributed by atoms with Gasteiger partial charge in [0.1, 0.15) is 5.75 Å². The summed E-state index contributed by atoms with van der Waals surface area (Å²) in [5.74, 6) is -2.02. The zero-order valence-corrected chi connectivity index (χ0v) is 9.78. The Balaban J connectivity index is 3.02. The first-order chi connectivity index (χ1) is 7.28. The maximum atomic E-state index is 10.6. The van der Waals surface area contributed by atoms with Crippen molar-refractivity contribution < 1.29 is 19.7 Å². The Morgan fingerprint density at radius 1 is 1.50 bits per heavy atom. The van der Waals surface area contributed by atoms with Gasteiger partial charge in [-0.3, -0.25) is 4.79 Å². The molecule has 88 valence electrons. The van der Waals surface area contributed by atoms with Crippen LogP contribution < -0.4 is 4.74 Å². The third kappa shape index (κ3) is 4.08. The fourth-order valence-corrected chi connectivity index (χ4v) is 1.41. The lowest BCUT2D eigenvalue weighted by molar-refractivity contribution is -0.136. The SMILES string of the molecule is CC(C)(O)Oc1ccc(Cl)cc1CC(=O)O. The van der Waals surface area contributed by atoms with Crippen molar-refractivity contribution >= 4 is 17.6 Å². The minimum absolute atomic E-state index is 0.202. The monoisotopic (exact) mass is 244 g/mol. The van der Waals surface area contributed by atoms with Gasteiger partial charge in [0.2, 0.25) is 5.79 Å². The number of hydrogen-bond donors (Lipinski definition) is 2. The summed E-state index contributed by atoms with van der Waals surface area (Å²) in [6.45, 7) is 2.93. The number of rotatable bonds is 4. The van der Waals surface area contributed by atoms with Gasteiger partial charge in [0.25, 0.3) is 0 Å². The van der Waals surface area contributed by atoms with Crippen molar-refractivity contribution in [3.63, 3.8) is 0 Å². The van der Waals surface area contributed by atoms with Crippen LogP contribution in [0.25, 0.3) is 0 Å². The van der Waals surface area contributed by atoms with E-state index in [1.807, 2.05) is 0 Å². The number of halogens is 1. The molecule has 0 aromatic heterocycles. The number of aliphatic carboxylic acids is 1.